The number of piperazine rings is 1. The van der Waals surface area contributed by atoms with E-state index in [-0.39, 0.29) is 29.5 Å². The molecule has 7 nitrogen and oxygen atoms in total. The van der Waals surface area contributed by atoms with E-state index in [1.807, 2.05) is 30.3 Å². The molecule has 0 N–H and O–H groups in total. The van der Waals surface area contributed by atoms with Gasteiger partial charge in [-0.15, -0.1) is 0 Å². The van der Waals surface area contributed by atoms with Crippen LogP contribution < -0.4 is 10.3 Å². The Balaban J connectivity index is 1.33. The normalized spacial score (nSPS) is 13.6. The van der Waals surface area contributed by atoms with Crippen molar-refractivity contribution in [3.8, 4) is 5.75 Å². The summed E-state index contributed by atoms with van der Waals surface area (Å²) in [6.07, 6.45) is 1.68. The Kier molecular flexibility index (Phi) is 7.10. The van der Waals surface area contributed by atoms with Gasteiger partial charge in [-0.3, -0.25) is 14.4 Å². The molecule has 0 spiro atoms. The molecule has 170 valence electrons. The number of nitrogens with zero attached hydrogens (tertiary/aromatic N) is 3. The van der Waals surface area contributed by atoms with E-state index in [0.717, 1.165) is 5.56 Å². The third-order valence-corrected chi connectivity index (χ3v) is 5.79. The quantitative estimate of drug-likeness (QED) is 0.561. The molecule has 1 fully saturated rings. The van der Waals surface area contributed by atoms with Gasteiger partial charge in [0.1, 0.15) is 11.3 Å². The molecule has 2 aromatic carbocycles. The van der Waals surface area contributed by atoms with Gasteiger partial charge in [0.25, 0.3) is 17.4 Å². The highest BCUT2D eigenvalue weighted by Gasteiger charge is 2.26. The number of carbonyl (C=O) groups is 2. The summed E-state index contributed by atoms with van der Waals surface area (Å²) in [5.74, 6) is 0.103. The van der Waals surface area contributed by atoms with E-state index < -0.39 is 0 Å². The van der Waals surface area contributed by atoms with Gasteiger partial charge < -0.3 is 19.1 Å². The van der Waals surface area contributed by atoms with E-state index in [4.69, 9.17) is 16.3 Å². The molecule has 1 aliphatic rings. The minimum atomic E-state index is -0.318. The van der Waals surface area contributed by atoms with Gasteiger partial charge in [-0.2, -0.15) is 0 Å². The van der Waals surface area contributed by atoms with Gasteiger partial charge in [0, 0.05) is 37.4 Å². The van der Waals surface area contributed by atoms with Crippen molar-refractivity contribution in [3.05, 3.63) is 99.4 Å². The summed E-state index contributed by atoms with van der Waals surface area (Å²) in [4.78, 5) is 41.7. The van der Waals surface area contributed by atoms with E-state index in [1.54, 1.807) is 52.4 Å². The number of carbonyl (C=O) groups excluding carboxylic acids is 2. The average Bonchev–Trinajstić information content (AvgIpc) is 2.85. The second kappa shape index (κ2) is 10.4. The number of halogens is 1. The highest BCUT2D eigenvalue weighted by Crippen LogP contribution is 2.16. The van der Waals surface area contributed by atoms with E-state index in [1.165, 1.54) is 4.57 Å². The molecule has 0 bridgehead atoms. The molecule has 1 saturated heterocycles. The van der Waals surface area contributed by atoms with Crippen molar-refractivity contribution in [2.45, 2.75) is 6.54 Å². The first-order valence-electron chi connectivity index (χ1n) is 10.7. The predicted molar refractivity (Wildman–Crippen MR) is 126 cm³/mol. The Labute approximate surface area is 196 Å². The Morgan fingerprint density at radius 3 is 2.21 bits per heavy atom. The zero-order valence-electron chi connectivity index (χ0n) is 18.0. The standard InChI is InChI=1S/C25H24ClN3O4/c26-20-8-10-21(11-9-20)33-18-23(30)27-13-15-28(16-14-27)24(31)22-7-4-12-29(25(22)32)17-19-5-2-1-3-6-19/h1-12H,13-18H2. The second-order valence-electron chi connectivity index (χ2n) is 7.76. The van der Waals surface area contributed by atoms with Gasteiger partial charge in [0.15, 0.2) is 6.61 Å². The molecule has 33 heavy (non-hydrogen) atoms. The van der Waals surface area contributed by atoms with Crippen LogP contribution in [0.3, 0.4) is 0 Å². The molecule has 3 aromatic rings. The molecular weight excluding hydrogens is 442 g/mol. The maximum absolute atomic E-state index is 13.0. The van der Waals surface area contributed by atoms with Crippen molar-refractivity contribution in [1.29, 1.82) is 0 Å². The van der Waals surface area contributed by atoms with Crippen molar-refractivity contribution in [2.24, 2.45) is 0 Å². The van der Waals surface area contributed by atoms with Crippen LogP contribution >= 0.6 is 11.6 Å². The van der Waals surface area contributed by atoms with E-state index in [2.05, 4.69) is 0 Å². The molecule has 0 atom stereocenters. The second-order valence-corrected chi connectivity index (χ2v) is 8.19. The van der Waals surface area contributed by atoms with Gasteiger partial charge in [0.2, 0.25) is 0 Å². The largest absolute Gasteiger partial charge is 0.484 e. The first kappa shape index (κ1) is 22.6. The SMILES string of the molecule is O=C(COc1ccc(Cl)cc1)N1CCN(C(=O)c2cccn(Cc3ccccc3)c2=O)CC1. The molecule has 0 saturated carbocycles. The van der Waals surface area contributed by atoms with Crippen molar-refractivity contribution < 1.29 is 14.3 Å². The average molecular weight is 466 g/mol. The topological polar surface area (TPSA) is 71.8 Å². The van der Waals surface area contributed by atoms with Crippen LogP contribution in [0.25, 0.3) is 0 Å². The Morgan fingerprint density at radius 2 is 1.52 bits per heavy atom. The first-order valence-corrected chi connectivity index (χ1v) is 11.1. The molecule has 0 radical (unpaired) electrons. The first-order chi connectivity index (χ1) is 16.0. The molecular formula is C25H24ClN3O4. The molecule has 4 rings (SSSR count). The monoisotopic (exact) mass is 465 g/mol. The lowest BCUT2D eigenvalue weighted by molar-refractivity contribution is -0.134. The minimum Gasteiger partial charge on any atom is -0.484 e. The maximum atomic E-state index is 13.0. The van der Waals surface area contributed by atoms with Gasteiger partial charge in [0.05, 0.1) is 6.54 Å². The fraction of sp³-hybridized carbons (Fsp3) is 0.240. The van der Waals surface area contributed by atoms with Crippen molar-refractivity contribution in [2.75, 3.05) is 32.8 Å². The molecule has 2 heterocycles. The summed E-state index contributed by atoms with van der Waals surface area (Å²) in [5, 5.41) is 0.597. The lowest BCUT2D eigenvalue weighted by atomic mass is 10.2. The van der Waals surface area contributed by atoms with Crippen LogP contribution in [-0.4, -0.2) is 59.0 Å². The van der Waals surface area contributed by atoms with Gasteiger partial charge in [-0.25, -0.2) is 0 Å². The van der Waals surface area contributed by atoms with Crippen LogP contribution in [0.4, 0.5) is 0 Å². The van der Waals surface area contributed by atoms with Crippen LogP contribution in [0.1, 0.15) is 15.9 Å². The molecule has 0 aliphatic carbocycles. The van der Waals surface area contributed by atoms with Crippen LogP contribution in [-0.2, 0) is 11.3 Å². The predicted octanol–water partition coefficient (Wildman–Crippen LogP) is 2.91. The molecule has 1 aromatic heterocycles. The highest BCUT2D eigenvalue weighted by atomic mass is 35.5. The summed E-state index contributed by atoms with van der Waals surface area (Å²) in [5.41, 5.74) is 0.803. The Bertz CT molecular complexity index is 1170. The molecule has 0 unspecified atom stereocenters. The van der Waals surface area contributed by atoms with E-state index in [0.29, 0.717) is 43.5 Å². The number of aromatic nitrogens is 1. The molecule has 2 amide bonds. The number of pyridine rings is 1. The maximum Gasteiger partial charge on any atom is 0.263 e. The number of benzene rings is 2. The van der Waals surface area contributed by atoms with Crippen LogP contribution in [0, 0.1) is 0 Å². The summed E-state index contributed by atoms with van der Waals surface area (Å²) in [7, 11) is 0. The van der Waals surface area contributed by atoms with E-state index in [9.17, 15) is 14.4 Å². The van der Waals surface area contributed by atoms with Crippen molar-refractivity contribution in [3.63, 3.8) is 0 Å². The van der Waals surface area contributed by atoms with Crippen molar-refractivity contribution >= 4 is 23.4 Å². The Hall–Kier alpha value is -3.58. The number of hydrogen-bond donors (Lipinski definition) is 0. The highest BCUT2D eigenvalue weighted by molar-refractivity contribution is 6.30. The number of amides is 2. The summed E-state index contributed by atoms with van der Waals surface area (Å²) in [6.45, 7) is 1.81. The third kappa shape index (κ3) is 5.62. The van der Waals surface area contributed by atoms with Crippen LogP contribution in [0.2, 0.25) is 5.02 Å². The zero-order chi connectivity index (χ0) is 23.2. The van der Waals surface area contributed by atoms with Gasteiger partial charge in [-0.05, 0) is 42.0 Å². The number of hydrogen-bond acceptors (Lipinski definition) is 4. The zero-order valence-corrected chi connectivity index (χ0v) is 18.8. The lowest BCUT2D eigenvalue weighted by Gasteiger charge is -2.34. The van der Waals surface area contributed by atoms with Crippen LogP contribution in [0.5, 0.6) is 5.75 Å². The number of rotatable bonds is 6. The number of ether oxygens (including phenoxy) is 1. The smallest absolute Gasteiger partial charge is 0.263 e. The van der Waals surface area contributed by atoms with E-state index >= 15 is 0 Å². The summed E-state index contributed by atoms with van der Waals surface area (Å²) in [6, 6.07) is 19.7. The lowest BCUT2D eigenvalue weighted by Crippen LogP contribution is -2.52. The summed E-state index contributed by atoms with van der Waals surface area (Å²) >= 11 is 5.85. The van der Waals surface area contributed by atoms with Gasteiger partial charge >= 0.3 is 0 Å². The van der Waals surface area contributed by atoms with Gasteiger partial charge in [-0.1, -0.05) is 41.9 Å². The van der Waals surface area contributed by atoms with Crippen molar-refractivity contribution in [1.82, 2.24) is 14.4 Å². The fourth-order valence-corrected chi connectivity index (χ4v) is 3.83. The molecule has 1 aliphatic heterocycles. The summed E-state index contributed by atoms with van der Waals surface area (Å²) < 4.78 is 7.06. The third-order valence-electron chi connectivity index (χ3n) is 5.54. The van der Waals surface area contributed by atoms with Crippen LogP contribution in [0.15, 0.2) is 77.7 Å². The Morgan fingerprint density at radius 1 is 0.848 bits per heavy atom. The minimum absolute atomic E-state index is 0.0849. The molecule has 8 heteroatoms. The fourth-order valence-electron chi connectivity index (χ4n) is 3.70.